The van der Waals surface area contributed by atoms with Crippen LogP contribution in [0, 0.1) is 0 Å². The summed E-state index contributed by atoms with van der Waals surface area (Å²) in [5, 5.41) is 13.0. The summed E-state index contributed by atoms with van der Waals surface area (Å²) in [5.74, 6) is 0.582. The Balaban J connectivity index is 1.89. The van der Waals surface area contributed by atoms with Crippen molar-refractivity contribution in [3.8, 4) is 11.5 Å². The van der Waals surface area contributed by atoms with Gasteiger partial charge in [-0.15, -0.1) is 0 Å². The molecule has 0 spiro atoms. The van der Waals surface area contributed by atoms with Gasteiger partial charge in [0.05, 0.1) is 12.8 Å². The van der Waals surface area contributed by atoms with Crippen LogP contribution < -0.4 is 15.0 Å². The second-order valence-corrected chi connectivity index (χ2v) is 6.69. The van der Waals surface area contributed by atoms with Crippen molar-refractivity contribution >= 4 is 35.0 Å². The van der Waals surface area contributed by atoms with Crippen molar-refractivity contribution in [2.45, 2.75) is 19.8 Å². The van der Waals surface area contributed by atoms with Gasteiger partial charge >= 0.3 is 0 Å². The number of methoxy groups -OCH3 is 1. The van der Waals surface area contributed by atoms with Gasteiger partial charge in [0, 0.05) is 0 Å². The van der Waals surface area contributed by atoms with E-state index in [9.17, 15) is 9.90 Å². The van der Waals surface area contributed by atoms with Gasteiger partial charge in [0.2, 0.25) is 0 Å². The zero-order valence-corrected chi connectivity index (χ0v) is 15.6. The third-order valence-electron chi connectivity index (χ3n) is 4.21. The molecule has 1 saturated heterocycles. The van der Waals surface area contributed by atoms with Crippen molar-refractivity contribution in [3.63, 3.8) is 0 Å². The maximum absolute atomic E-state index is 12.8. The number of ether oxygens (including phenoxy) is 1. The predicted molar refractivity (Wildman–Crippen MR) is 106 cm³/mol. The van der Waals surface area contributed by atoms with Gasteiger partial charge in [0.25, 0.3) is 5.91 Å². The van der Waals surface area contributed by atoms with Crippen molar-refractivity contribution in [3.05, 3.63) is 59.3 Å². The number of hydrogen-bond acceptors (Lipinski definition) is 4. The number of anilines is 1. The van der Waals surface area contributed by atoms with Gasteiger partial charge in [-0.1, -0.05) is 32.0 Å². The third kappa shape index (κ3) is 3.41. The summed E-state index contributed by atoms with van der Waals surface area (Å²) in [7, 11) is 1.47. The molecule has 0 aromatic heterocycles. The predicted octanol–water partition coefficient (Wildman–Crippen LogP) is 3.79. The Labute approximate surface area is 157 Å². The van der Waals surface area contributed by atoms with Crippen LogP contribution in [0.3, 0.4) is 0 Å². The molecule has 0 unspecified atom stereocenters. The molecular formula is C20H20N2O3S. The minimum atomic E-state index is -0.223. The number of nitrogens with one attached hydrogen (secondary N) is 1. The summed E-state index contributed by atoms with van der Waals surface area (Å²) >= 11 is 5.34. The molecule has 1 aliphatic heterocycles. The molecule has 1 fully saturated rings. The van der Waals surface area contributed by atoms with Crippen LogP contribution in [0.4, 0.5) is 5.69 Å². The minimum absolute atomic E-state index is 0.0442. The quantitative estimate of drug-likeness (QED) is 0.635. The molecule has 2 aromatic carbocycles. The van der Waals surface area contributed by atoms with Crippen LogP contribution in [-0.2, 0) is 4.79 Å². The topological polar surface area (TPSA) is 61.8 Å². The monoisotopic (exact) mass is 368 g/mol. The molecule has 2 N–H and O–H groups in total. The molecule has 0 radical (unpaired) electrons. The highest BCUT2D eigenvalue weighted by molar-refractivity contribution is 7.80. The summed E-state index contributed by atoms with van der Waals surface area (Å²) in [6.07, 6.45) is 1.68. The molecule has 0 bridgehead atoms. The van der Waals surface area contributed by atoms with Crippen LogP contribution in [0.2, 0.25) is 0 Å². The number of hydrogen-bond donors (Lipinski definition) is 2. The Morgan fingerprint density at radius 1 is 1.19 bits per heavy atom. The Kier molecular flexibility index (Phi) is 4.95. The van der Waals surface area contributed by atoms with E-state index in [0.717, 1.165) is 11.3 Å². The van der Waals surface area contributed by atoms with Crippen molar-refractivity contribution in [1.82, 2.24) is 5.32 Å². The molecule has 1 heterocycles. The maximum Gasteiger partial charge on any atom is 0.281 e. The molecule has 0 saturated carbocycles. The average molecular weight is 368 g/mol. The Hall–Kier alpha value is -2.86. The van der Waals surface area contributed by atoms with E-state index in [1.165, 1.54) is 23.6 Å². The Morgan fingerprint density at radius 3 is 2.50 bits per heavy atom. The van der Waals surface area contributed by atoms with Gasteiger partial charge in [-0.2, -0.15) is 0 Å². The smallest absolute Gasteiger partial charge is 0.281 e. The van der Waals surface area contributed by atoms with Crippen LogP contribution in [0.15, 0.2) is 48.2 Å². The standard InChI is InChI=1S/C20H20N2O3S/c1-12(2)14-5-7-15(8-6-14)22-19(24)16(21-20(22)26)10-13-4-9-17(23)18(11-13)25-3/h4-12,23H,1-3H3,(H,21,26)/b16-10+. The zero-order chi connectivity index (χ0) is 18.8. The lowest BCUT2D eigenvalue weighted by Gasteiger charge is -2.15. The highest BCUT2D eigenvalue weighted by Gasteiger charge is 2.31. The molecule has 2 aromatic rings. The lowest BCUT2D eigenvalue weighted by Crippen LogP contribution is -2.30. The molecule has 3 rings (SSSR count). The van der Waals surface area contributed by atoms with E-state index in [1.54, 1.807) is 18.2 Å². The van der Waals surface area contributed by atoms with Gasteiger partial charge in [0.15, 0.2) is 16.6 Å². The zero-order valence-electron chi connectivity index (χ0n) is 14.8. The van der Waals surface area contributed by atoms with Crippen LogP contribution >= 0.6 is 12.2 Å². The summed E-state index contributed by atoms with van der Waals surface area (Å²) < 4.78 is 5.10. The summed E-state index contributed by atoms with van der Waals surface area (Å²) in [6, 6.07) is 12.7. The number of carbonyl (C=O) groups is 1. The Bertz CT molecular complexity index is 888. The summed E-state index contributed by atoms with van der Waals surface area (Å²) in [6.45, 7) is 4.24. The first-order valence-corrected chi connectivity index (χ1v) is 8.65. The maximum atomic E-state index is 12.8. The minimum Gasteiger partial charge on any atom is -0.504 e. The molecule has 1 amide bonds. The average Bonchev–Trinajstić information content (AvgIpc) is 2.90. The number of carbonyl (C=O) groups excluding carboxylic acids is 1. The second-order valence-electron chi connectivity index (χ2n) is 6.31. The first-order valence-electron chi connectivity index (χ1n) is 8.25. The van der Waals surface area contributed by atoms with Gasteiger partial charge in [-0.05, 0) is 59.6 Å². The first-order chi connectivity index (χ1) is 12.4. The molecule has 134 valence electrons. The number of aromatic hydroxyl groups is 1. The lowest BCUT2D eigenvalue weighted by atomic mass is 10.0. The van der Waals surface area contributed by atoms with Crippen LogP contribution in [0.25, 0.3) is 6.08 Å². The van der Waals surface area contributed by atoms with Crippen molar-refractivity contribution in [2.75, 3.05) is 12.0 Å². The van der Waals surface area contributed by atoms with Crippen molar-refractivity contribution in [2.24, 2.45) is 0 Å². The van der Waals surface area contributed by atoms with E-state index in [1.807, 2.05) is 24.3 Å². The van der Waals surface area contributed by atoms with Gasteiger partial charge in [-0.25, -0.2) is 0 Å². The largest absolute Gasteiger partial charge is 0.504 e. The van der Waals surface area contributed by atoms with Crippen LogP contribution in [-0.4, -0.2) is 23.2 Å². The third-order valence-corrected chi connectivity index (χ3v) is 4.50. The SMILES string of the molecule is COc1cc(/C=C2/NC(=S)N(c3ccc(C(C)C)cc3)C2=O)ccc1O. The van der Waals surface area contributed by atoms with E-state index in [-0.39, 0.29) is 11.7 Å². The number of phenolic OH excluding ortho intramolecular Hbond substituents is 1. The fourth-order valence-electron chi connectivity index (χ4n) is 2.73. The number of benzene rings is 2. The fraction of sp³-hybridized carbons (Fsp3) is 0.200. The van der Waals surface area contributed by atoms with Gasteiger partial charge in [-0.3, -0.25) is 9.69 Å². The van der Waals surface area contributed by atoms with Gasteiger partial charge in [0.1, 0.15) is 5.70 Å². The van der Waals surface area contributed by atoms with E-state index in [0.29, 0.717) is 22.5 Å². The molecule has 0 aliphatic carbocycles. The van der Waals surface area contributed by atoms with Crippen LogP contribution in [0.5, 0.6) is 11.5 Å². The normalized spacial score (nSPS) is 15.7. The highest BCUT2D eigenvalue weighted by Crippen LogP contribution is 2.29. The first kappa shape index (κ1) is 17.9. The summed E-state index contributed by atoms with van der Waals surface area (Å²) in [5.41, 5.74) is 3.01. The van der Waals surface area contributed by atoms with Crippen molar-refractivity contribution < 1.29 is 14.6 Å². The van der Waals surface area contributed by atoms with Crippen LogP contribution in [0.1, 0.15) is 30.9 Å². The number of rotatable bonds is 4. The lowest BCUT2D eigenvalue weighted by molar-refractivity contribution is -0.113. The number of phenols is 1. The van der Waals surface area contributed by atoms with Gasteiger partial charge < -0.3 is 15.2 Å². The molecule has 26 heavy (non-hydrogen) atoms. The molecular weight excluding hydrogens is 348 g/mol. The molecule has 5 nitrogen and oxygen atoms in total. The fourth-order valence-corrected chi connectivity index (χ4v) is 3.03. The van der Waals surface area contributed by atoms with E-state index in [2.05, 4.69) is 19.2 Å². The second kappa shape index (κ2) is 7.17. The Morgan fingerprint density at radius 2 is 1.88 bits per heavy atom. The molecule has 6 heteroatoms. The summed E-state index contributed by atoms with van der Waals surface area (Å²) in [4.78, 5) is 14.3. The number of thiocarbonyl (C=S) groups is 1. The number of nitrogens with zero attached hydrogens (tertiary/aromatic N) is 1. The van der Waals surface area contributed by atoms with E-state index in [4.69, 9.17) is 17.0 Å². The van der Waals surface area contributed by atoms with E-state index < -0.39 is 0 Å². The van der Waals surface area contributed by atoms with Crippen molar-refractivity contribution in [1.29, 1.82) is 0 Å². The highest BCUT2D eigenvalue weighted by atomic mass is 32.1. The molecule has 1 aliphatic rings. The number of amides is 1. The molecule has 0 atom stereocenters. The van der Waals surface area contributed by atoms with E-state index >= 15 is 0 Å².